The Hall–Kier alpha value is -1.68. The molecule has 0 aliphatic rings. The summed E-state index contributed by atoms with van der Waals surface area (Å²) in [5, 5.41) is 29.5. The monoisotopic (exact) mass is 384 g/mol. The van der Waals surface area contributed by atoms with Crippen LogP contribution in [0.15, 0.2) is 0 Å². The van der Waals surface area contributed by atoms with Crippen molar-refractivity contribution in [2.75, 3.05) is 26.2 Å². The van der Waals surface area contributed by atoms with Crippen molar-refractivity contribution in [2.45, 2.75) is 79.1 Å². The van der Waals surface area contributed by atoms with Gasteiger partial charge in [0, 0.05) is 0 Å². The van der Waals surface area contributed by atoms with E-state index in [0.29, 0.717) is 0 Å². The van der Waals surface area contributed by atoms with Crippen molar-refractivity contribution in [2.24, 2.45) is 0 Å². The van der Waals surface area contributed by atoms with E-state index in [9.17, 15) is 0 Å². The molecule has 0 unspecified atom stereocenters. The molecule has 0 aromatic carbocycles. The summed E-state index contributed by atoms with van der Waals surface area (Å²) in [7, 11) is 0. The van der Waals surface area contributed by atoms with Gasteiger partial charge in [-0.2, -0.15) is 0 Å². The van der Waals surface area contributed by atoms with Gasteiger partial charge in [-0.1, -0.05) is 53.4 Å². The van der Waals surface area contributed by atoms with Gasteiger partial charge in [0.2, 0.25) is 0 Å². The second-order valence-electron chi connectivity index (χ2n) is 6.10. The molecular formula is C16H40N4O6. The Balaban J connectivity index is -0.000000226. The normalized spacial score (nSPS) is 9.69. The van der Waals surface area contributed by atoms with Gasteiger partial charge in [-0.05, 0) is 25.7 Å². The van der Waals surface area contributed by atoms with Gasteiger partial charge in [0.1, 0.15) is 0 Å². The molecule has 0 saturated heterocycles. The van der Waals surface area contributed by atoms with Crippen molar-refractivity contribution in [3.05, 3.63) is 30.6 Å². The standard InChI is InChI=1S/C16H36N.2NO3.H3N/c1-5-9-13-17(14-10-6-2,15-11-7-3)16-12-8-4;2*2-1(3)4;/h5-16H2,1-4H3;;;1H3/q+1;2*-1;/p+1. The number of nitrogens with zero attached hydrogens (tertiary/aromatic N) is 3. The van der Waals surface area contributed by atoms with Gasteiger partial charge >= 0.3 is 0 Å². The highest BCUT2D eigenvalue weighted by Crippen LogP contribution is 2.16. The minimum absolute atomic E-state index is 0. The fraction of sp³-hybridized carbons (Fsp3) is 1.00. The van der Waals surface area contributed by atoms with Gasteiger partial charge in [0.15, 0.2) is 0 Å². The Labute approximate surface area is 157 Å². The van der Waals surface area contributed by atoms with Crippen molar-refractivity contribution >= 4 is 0 Å². The Kier molecular flexibility index (Phi) is 28.7. The van der Waals surface area contributed by atoms with Crippen LogP contribution < -0.4 is 6.15 Å². The second kappa shape index (κ2) is 23.3. The van der Waals surface area contributed by atoms with Gasteiger partial charge in [0.25, 0.3) is 0 Å². The van der Waals surface area contributed by atoms with Crippen molar-refractivity contribution in [1.82, 2.24) is 6.15 Å². The van der Waals surface area contributed by atoms with Crippen molar-refractivity contribution in [3.8, 4) is 0 Å². The minimum atomic E-state index is -1.75. The average molecular weight is 385 g/mol. The maximum atomic E-state index is 8.25. The van der Waals surface area contributed by atoms with Gasteiger partial charge in [-0.25, -0.2) is 0 Å². The molecule has 0 fully saturated rings. The van der Waals surface area contributed by atoms with Crippen LogP contribution in [0.5, 0.6) is 0 Å². The quantitative estimate of drug-likeness (QED) is 0.285. The zero-order valence-electron chi connectivity index (χ0n) is 17.3. The minimum Gasteiger partial charge on any atom is -0.369 e. The van der Waals surface area contributed by atoms with E-state index in [2.05, 4.69) is 27.7 Å². The van der Waals surface area contributed by atoms with Gasteiger partial charge in [-0.3, -0.25) is 0 Å². The van der Waals surface area contributed by atoms with E-state index in [1.54, 1.807) is 0 Å². The van der Waals surface area contributed by atoms with Crippen LogP contribution in [0.3, 0.4) is 0 Å². The molecule has 0 aromatic rings. The largest absolute Gasteiger partial charge is 0.369 e. The summed E-state index contributed by atoms with van der Waals surface area (Å²) in [5.41, 5.74) is 0. The van der Waals surface area contributed by atoms with E-state index in [-0.39, 0.29) is 6.15 Å². The highest BCUT2D eigenvalue weighted by atomic mass is 16.9. The van der Waals surface area contributed by atoms with Gasteiger partial charge in [-0.15, -0.1) is 0 Å². The number of hydrogen-bond donors (Lipinski definition) is 1. The summed E-state index contributed by atoms with van der Waals surface area (Å²) >= 11 is 0. The van der Waals surface area contributed by atoms with Crippen LogP contribution in [-0.4, -0.2) is 40.8 Å². The second-order valence-corrected chi connectivity index (χ2v) is 6.10. The van der Waals surface area contributed by atoms with Crippen LogP contribution >= 0.6 is 0 Å². The van der Waals surface area contributed by atoms with E-state index in [1.165, 1.54) is 82.0 Å². The Bertz CT molecular complexity index is 262. The third-order valence-corrected chi connectivity index (χ3v) is 3.94. The SMILES string of the molecule is CCCC[N+](CCCC)(CCCC)CCCC.O=[N+]([O-])[O-].O=[N+]([O-])[O-].[NH4+]. The summed E-state index contributed by atoms with van der Waals surface area (Å²) in [5.74, 6) is 0. The first-order valence-electron chi connectivity index (χ1n) is 9.19. The lowest BCUT2D eigenvalue weighted by atomic mass is 10.1. The van der Waals surface area contributed by atoms with Crippen LogP contribution in [0, 0.1) is 30.6 Å². The van der Waals surface area contributed by atoms with Crippen molar-refractivity contribution in [3.63, 3.8) is 0 Å². The summed E-state index contributed by atoms with van der Waals surface area (Å²) < 4.78 is 1.42. The Morgan fingerprint density at radius 1 is 0.577 bits per heavy atom. The average Bonchev–Trinajstić information content (AvgIpc) is 2.52. The molecule has 10 heteroatoms. The molecule has 0 aliphatic carbocycles. The predicted octanol–water partition coefficient (Wildman–Crippen LogP) is 4.90. The number of unbranched alkanes of at least 4 members (excludes halogenated alkanes) is 4. The maximum Gasteiger partial charge on any atom is 0.0786 e. The topological polar surface area (TPSA) is 169 Å². The summed E-state index contributed by atoms with van der Waals surface area (Å²) in [6, 6.07) is 0. The highest BCUT2D eigenvalue weighted by Gasteiger charge is 2.24. The molecule has 10 nitrogen and oxygen atoms in total. The summed E-state index contributed by atoms with van der Waals surface area (Å²) in [4.78, 5) is 16.5. The lowest BCUT2D eigenvalue weighted by Crippen LogP contribution is -2.50. The third kappa shape index (κ3) is 30.2. The summed E-state index contributed by atoms with van der Waals surface area (Å²) in [6.45, 7) is 15.0. The van der Waals surface area contributed by atoms with Crippen LogP contribution in [-0.2, 0) is 0 Å². The first-order valence-corrected chi connectivity index (χ1v) is 9.19. The van der Waals surface area contributed by atoms with Crippen LogP contribution in [0.4, 0.5) is 0 Å². The third-order valence-electron chi connectivity index (χ3n) is 3.94. The smallest absolute Gasteiger partial charge is 0.0786 e. The van der Waals surface area contributed by atoms with Crippen LogP contribution in [0.2, 0.25) is 0 Å². The molecule has 0 amide bonds. The number of rotatable bonds is 12. The van der Waals surface area contributed by atoms with E-state index in [4.69, 9.17) is 30.6 Å². The highest BCUT2D eigenvalue weighted by molar-refractivity contribution is 4.49. The fourth-order valence-electron chi connectivity index (χ4n) is 2.64. The number of quaternary nitrogens is 2. The Morgan fingerprint density at radius 3 is 0.846 bits per heavy atom. The summed E-state index contributed by atoms with van der Waals surface area (Å²) in [6.07, 6.45) is 11.1. The molecule has 26 heavy (non-hydrogen) atoms. The lowest BCUT2D eigenvalue weighted by molar-refractivity contribution is -0.929. The molecule has 0 saturated carbocycles. The molecule has 0 spiro atoms. The van der Waals surface area contributed by atoms with E-state index < -0.39 is 10.2 Å². The molecule has 160 valence electrons. The van der Waals surface area contributed by atoms with E-state index >= 15 is 0 Å². The molecule has 0 aliphatic heterocycles. The van der Waals surface area contributed by atoms with Crippen molar-refractivity contribution < 1.29 is 14.7 Å². The first kappa shape index (κ1) is 32.0. The first-order chi connectivity index (χ1) is 11.7. The zero-order valence-corrected chi connectivity index (χ0v) is 17.3. The zero-order chi connectivity index (χ0) is 20.1. The van der Waals surface area contributed by atoms with E-state index in [0.717, 1.165) is 0 Å². The molecule has 0 aromatic heterocycles. The molecule has 0 bridgehead atoms. The van der Waals surface area contributed by atoms with Crippen LogP contribution in [0.25, 0.3) is 0 Å². The molecule has 4 N–H and O–H groups in total. The van der Waals surface area contributed by atoms with Gasteiger partial charge < -0.3 is 41.3 Å². The fourth-order valence-corrected chi connectivity index (χ4v) is 2.64. The predicted molar refractivity (Wildman–Crippen MR) is 106 cm³/mol. The molecular weight excluding hydrogens is 344 g/mol. The number of hydrogen-bond acceptors (Lipinski definition) is 6. The maximum absolute atomic E-state index is 8.25. The molecule has 0 rings (SSSR count). The molecule has 0 radical (unpaired) electrons. The van der Waals surface area contributed by atoms with E-state index in [1.807, 2.05) is 0 Å². The van der Waals surface area contributed by atoms with Crippen LogP contribution in [0.1, 0.15) is 79.1 Å². The van der Waals surface area contributed by atoms with Gasteiger partial charge in [0.05, 0.1) is 36.4 Å². The molecule has 0 heterocycles. The molecule has 0 atom stereocenters. The lowest BCUT2D eigenvalue weighted by Gasteiger charge is -2.39. The Morgan fingerprint density at radius 2 is 0.731 bits per heavy atom. The van der Waals surface area contributed by atoms with Crippen molar-refractivity contribution in [1.29, 1.82) is 0 Å².